The second-order valence-electron chi connectivity index (χ2n) is 3.25. The molecule has 2 rings (SSSR count). The molecule has 2 heterocycles. The van der Waals surface area contributed by atoms with E-state index < -0.39 is 13.9 Å². The number of anilines is 1. The number of hydrogen-bond acceptors (Lipinski definition) is 9. The predicted octanol–water partition coefficient (Wildman–Crippen LogP) is -0.730. The van der Waals surface area contributed by atoms with Gasteiger partial charge in [0, 0.05) is 0 Å². The topological polar surface area (TPSA) is 216 Å². The van der Waals surface area contributed by atoms with Crippen LogP contribution in [0.15, 0.2) is 12.7 Å². The summed E-state index contributed by atoms with van der Waals surface area (Å²) in [5, 5.41) is 0. The van der Waals surface area contributed by atoms with Gasteiger partial charge in [-0.15, -0.1) is 4.73 Å². The number of ether oxygens (including phenoxy) is 1. The molecule has 20 heavy (non-hydrogen) atoms. The second-order valence-corrected chi connectivity index (χ2v) is 4.83. The van der Waals surface area contributed by atoms with Gasteiger partial charge in [-0.1, -0.05) is 0 Å². The zero-order valence-corrected chi connectivity index (χ0v) is 11.3. The zero-order valence-electron chi connectivity index (χ0n) is 10.4. The van der Waals surface area contributed by atoms with Crippen LogP contribution in [0, 0.1) is 0 Å². The number of aromatic nitrogens is 4. The molecule has 0 aliphatic rings. The fourth-order valence-corrected chi connectivity index (χ4v) is 1.49. The summed E-state index contributed by atoms with van der Waals surface area (Å²) in [7, 11) is -4.20. The van der Waals surface area contributed by atoms with E-state index in [1.807, 2.05) is 0 Å². The largest absolute Gasteiger partial charge is 0.382 e. The van der Waals surface area contributed by atoms with Crippen molar-refractivity contribution >= 4 is 24.6 Å². The van der Waals surface area contributed by atoms with Gasteiger partial charge in [-0.05, 0) is 0 Å². The molecule has 0 aliphatic carbocycles. The lowest BCUT2D eigenvalue weighted by molar-refractivity contribution is -0.0452. The zero-order chi connectivity index (χ0) is 13.2. The van der Waals surface area contributed by atoms with Gasteiger partial charge in [-0.3, -0.25) is 4.57 Å². The molecule has 0 spiro atoms. The Balaban J connectivity index is 0.00000180. The Morgan fingerprint density at radius 2 is 2.00 bits per heavy atom. The van der Waals surface area contributed by atoms with Gasteiger partial charge in [0.05, 0.1) is 0 Å². The van der Waals surface area contributed by atoms with Gasteiger partial charge >= 0.3 is 7.60 Å². The molecular weight excluding hydrogens is 293 g/mol. The van der Waals surface area contributed by atoms with Crippen molar-refractivity contribution in [3.8, 4) is 0 Å². The monoisotopic (exact) mass is 309 g/mol. The SMILES string of the molecule is N.N.Nc1ncnc2c1ncn2OCOCP(=O)(O)O. The molecule has 0 unspecified atom stereocenters. The maximum absolute atomic E-state index is 10.5. The highest BCUT2D eigenvalue weighted by Crippen LogP contribution is 2.33. The summed E-state index contributed by atoms with van der Waals surface area (Å²) in [6, 6.07) is 0. The third-order valence-electron chi connectivity index (χ3n) is 1.87. The van der Waals surface area contributed by atoms with Crippen molar-refractivity contribution in [1.82, 2.24) is 32.0 Å². The Hall–Kier alpha value is -1.82. The van der Waals surface area contributed by atoms with Crippen LogP contribution in [0.5, 0.6) is 0 Å². The lowest BCUT2D eigenvalue weighted by atomic mass is 10.5. The molecule has 0 amide bonds. The molecule has 0 radical (unpaired) electrons. The number of nitrogens with zero attached hydrogens (tertiary/aromatic N) is 4. The molecule has 2 aromatic rings. The summed E-state index contributed by atoms with van der Waals surface area (Å²) in [6.45, 7) is -0.361. The van der Waals surface area contributed by atoms with Crippen molar-refractivity contribution in [2.75, 3.05) is 18.9 Å². The quantitative estimate of drug-likeness (QED) is 0.263. The van der Waals surface area contributed by atoms with Crippen LogP contribution in [0.3, 0.4) is 0 Å². The molecule has 0 atom stereocenters. The molecule has 0 saturated heterocycles. The standard InChI is InChI=1S/C7H10N5O5P.2H3N/c8-6-5-7(10-1-9-6)12(2-11-5)17-3-16-4-18(13,14)15;;/h1-2H,3-4H2,(H2,8,9,10)(H2,13,14,15);2*1H3. The summed E-state index contributed by atoms with van der Waals surface area (Å²) >= 11 is 0. The van der Waals surface area contributed by atoms with Crippen LogP contribution < -0.4 is 22.9 Å². The number of imidazole rings is 1. The Morgan fingerprint density at radius 1 is 1.30 bits per heavy atom. The second kappa shape index (κ2) is 7.09. The van der Waals surface area contributed by atoms with E-state index in [0.717, 1.165) is 0 Å². The fourth-order valence-electron chi connectivity index (χ4n) is 1.18. The summed E-state index contributed by atoms with van der Waals surface area (Å²) in [4.78, 5) is 33.7. The van der Waals surface area contributed by atoms with E-state index in [-0.39, 0.29) is 24.9 Å². The Morgan fingerprint density at radius 3 is 2.65 bits per heavy atom. The maximum atomic E-state index is 10.5. The summed E-state index contributed by atoms with van der Waals surface area (Å²) in [5.41, 5.74) is 6.27. The van der Waals surface area contributed by atoms with E-state index in [2.05, 4.69) is 19.7 Å². The molecule has 0 aromatic carbocycles. The normalized spacial score (nSPS) is 10.7. The van der Waals surface area contributed by atoms with Crippen LogP contribution in [0.2, 0.25) is 0 Å². The summed E-state index contributed by atoms with van der Waals surface area (Å²) in [6.07, 6.45) is 1.82. The lowest BCUT2D eigenvalue weighted by Gasteiger charge is -2.08. The van der Waals surface area contributed by atoms with Crippen molar-refractivity contribution in [2.45, 2.75) is 0 Å². The van der Waals surface area contributed by atoms with Crippen LogP contribution >= 0.6 is 7.60 Å². The van der Waals surface area contributed by atoms with Gasteiger partial charge in [0.1, 0.15) is 12.7 Å². The number of hydrogen-bond donors (Lipinski definition) is 5. The van der Waals surface area contributed by atoms with Crippen LogP contribution in [0.1, 0.15) is 0 Å². The predicted molar refractivity (Wildman–Crippen MR) is 69.2 cm³/mol. The third-order valence-corrected chi connectivity index (χ3v) is 2.39. The minimum Gasteiger partial charge on any atom is -0.382 e. The third kappa shape index (κ3) is 4.38. The van der Waals surface area contributed by atoms with Crippen LogP contribution in [-0.4, -0.2) is 42.6 Å². The Kier molecular flexibility index (Phi) is 6.45. The Bertz CT molecular complexity index is 598. The van der Waals surface area contributed by atoms with E-state index in [9.17, 15) is 4.57 Å². The van der Waals surface area contributed by atoms with Crippen LogP contribution in [0.4, 0.5) is 5.82 Å². The average molecular weight is 309 g/mol. The summed E-state index contributed by atoms with van der Waals surface area (Å²) in [5.74, 6) is 0.207. The van der Waals surface area contributed by atoms with Crippen molar-refractivity contribution in [3.05, 3.63) is 12.7 Å². The number of fused-ring (bicyclic) bond motifs is 1. The molecule has 0 fully saturated rings. The molecule has 12 nitrogen and oxygen atoms in total. The first-order chi connectivity index (χ1) is 8.47. The molecule has 2 aromatic heterocycles. The highest BCUT2D eigenvalue weighted by molar-refractivity contribution is 7.51. The smallest absolute Gasteiger partial charge is 0.351 e. The highest BCUT2D eigenvalue weighted by Gasteiger charge is 2.13. The minimum atomic E-state index is -4.20. The first-order valence-electron chi connectivity index (χ1n) is 4.66. The van der Waals surface area contributed by atoms with Crippen LogP contribution in [0.25, 0.3) is 11.2 Å². The number of nitrogens with two attached hydrogens (primary N) is 1. The molecule has 10 N–H and O–H groups in total. The van der Waals surface area contributed by atoms with E-state index >= 15 is 0 Å². The number of nitrogen functional groups attached to an aromatic ring is 1. The molecule has 0 aliphatic heterocycles. The first kappa shape index (κ1) is 18.2. The molecule has 114 valence electrons. The van der Waals surface area contributed by atoms with Gasteiger partial charge < -0.3 is 37.4 Å². The van der Waals surface area contributed by atoms with Crippen molar-refractivity contribution in [1.29, 1.82) is 0 Å². The minimum absolute atomic E-state index is 0. The van der Waals surface area contributed by atoms with Gasteiger partial charge in [-0.25, -0.2) is 15.0 Å². The van der Waals surface area contributed by atoms with Gasteiger partial charge in [0.25, 0.3) is 0 Å². The van der Waals surface area contributed by atoms with E-state index in [1.165, 1.54) is 17.4 Å². The van der Waals surface area contributed by atoms with Crippen molar-refractivity contribution in [3.63, 3.8) is 0 Å². The van der Waals surface area contributed by atoms with Crippen molar-refractivity contribution < 1.29 is 23.9 Å². The lowest BCUT2D eigenvalue weighted by Crippen LogP contribution is -2.15. The first-order valence-corrected chi connectivity index (χ1v) is 6.46. The number of rotatable bonds is 5. The van der Waals surface area contributed by atoms with Gasteiger partial charge in [0.15, 0.2) is 17.7 Å². The van der Waals surface area contributed by atoms with Crippen molar-refractivity contribution in [2.24, 2.45) is 0 Å². The van der Waals surface area contributed by atoms with Crippen LogP contribution in [-0.2, 0) is 9.30 Å². The van der Waals surface area contributed by atoms with Gasteiger partial charge in [-0.2, -0.15) is 0 Å². The van der Waals surface area contributed by atoms with E-state index in [0.29, 0.717) is 11.2 Å². The fraction of sp³-hybridized carbons (Fsp3) is 0.286. The molecule has 13 heteroatoms. The highest BCUT2D eigenvalue weighted by atomic mass is 31.2. The summed E-state index contributed by atoms with van der Waals surface area (Å²) < 4.78 is 16.3. The molecular formula is C7H16N7O5P. The maximum Gasteiger partial charge on any atom is 0.351 e. The van der Waals surface area contributed by atoms with Gasteiger partial charge in [0.2, 0.25) is 12.4 Å². The van der Waals surface area contributed by atoms with E-state index in [4.69, 9.17) is 20.4 Å². The van der Waals surface area contributed by atoms with E-state index in [1.54, 1.807) is 0 Å². The molecule has 0 bridgehead atoms. The Labute approximate surface area is 113 Å². The molecule has 0 saturated carbocycles. The average Bonchev–Trinajstić information content (AvgIpc) is 2.68.